The molecule has 0 spiro atoms. The molecule has 3 unspecified atom stereocenters. The molecule has 3 saturated heterocycles. The highest BCUT2D eigenvalue weighted by Gasteiger charge is 2.45. The molecule has 1 aromatic heterocycles. The molecular formula is C33H48N4O2. The van der Waals surface area contributed by atoms with Crippen LogP contribution in [-0.2, 0) is 11.2 Å². The summed E-state index contributed by atoms with van der Waals surface area (Å²) in [6.45, 7) is 1.68. The van der Waals surface area contributed by atoms with E-state index >= 15 is 0 Å². The molecule has 4 bridgehead atoms. The number of piperidine rings is 2. The Bertz CT molecular complexity index is 1130. The van der Waals surface area contributed by atoms with Gasteiger partial charge >= 0.3 is 5.97 Å². The van der Waals surface area contributed by atoms with Gasteiger partial charge in [-0.3, -0.25) is 14.6 Å². The Hall–Kier alpha value is -1.92. The van der Waals surface area contributed by atoms with Crippen molar-refractivity contribution in [2.24, 2.45) is 11.8 Å². The summed E-state index contributed by atoms with van der Waals surface area (Å²) in [5.74, 6) is 2.51. The van der Waals surface area contributed by atoms with E-state index in [0.717, 1.165) is 61.3 Å². The van der Waals surface area contributed by atoms with E-state index < -0.39 is 5.97 Å². The van der Waals surface area contributed by atoms with Crippen molar-refractivity contribution in [3.63, 3.8) is 0 Å². The van der Waals surface area contributed by atoms with Crippen LogP contribution < -0.4 is 0 Å². The highest BCUT2D eigenvalue weighted by Crippen LogP contribution is 2.47. The summed E-state index contributed by atoms with van der Waals surface area (Å²) >= 11 is 0. The fourth-order valence-electron chi connectivity index (χ4n) is 9.82. The first-order valence-corrected chi connectivity index (χ1v) is 16.3. The quantitative estimate of drug-likeness (QED) is 0.445. The Balaban J connectivity index is 1.14. The Morgan fingerprint density at radius 2 is 1.56 bits per heavy atom. The van der Waals surface area contributed by atoms with Gasteiger partial charge in [0, 0.05) is 43.2 Å². The van der Waals surface area contributed by atoms with E-state index in [-0.39, 0.29) is 6.42 Å². The van der Waals surface area contributed by atoms with E-state index in [9.17, 15) is 9.90 Å². The summed E-state index contributed by atoms with van der Waals surface area (Å²) in [5.41, 5.74) is 2.44. The highest BCUT2D eigenvalue weighted by molar-refractivity contribution is 5.76. The predicted molar refractivity (Wildman–Crippen MR) is 155 cm³/mol. The molecule has 0 radical (unpaired) electrons. The van der Waals surface area contributed by atoms with Gasteiger partial charge in [-0.1, -0.05) is 44.2 Å². The van der Waals surface area contributed by atoms with Crippen LogP contribution >= 0.6 is 0 Å². The number of benzene rings is 1. The number of nitrogens with zero attached hydrogens (tertiary/aromatic N) is 4. The van der Waals surface area contributed by atoms with E-state index in [1.807, 2.05) is 0 Å². The smallest absolute Gasteiger partial charge is 0.304 e. The van der Waals surface area contributed by atoms with Crippen LogP contribution in [0.2, 0.25) is 0 Å². The maximum absolute atomic E-state index is 11.3. The Morgan fingerprint density at radius 3 is 2.31 bits per heavy atom. The van der Waals surface area contributed by atoms with Gasteiger partial charge in [-0.05, 0) is 88.3 Å². The maximum Gasteiger partial charge on any atom is 0.304 e. The molecule has 7 atom stereocenters. The van der Waals surface area contributed by atoms with Gasteiger partial charge in [-0.15, -0.1) is 0 Å². The lowest BCUT2D eigenvalue weighted by Crippen LogP contribution is -2.58. The van der Waals surface area contributed by atoms with Crippen LogP contribution in [0.15, 0.2) is 24.3 Å². The molecule has 0 amide bonds. The fourth-order valence-corrected chi connectivity index (χ4v) is 9.82. The zero-order valence-electron chi connectivity index (χ0n) is 23.7. The molecule has 2 saturated carbocycles. The number of para-hydroxylation sites is 2. The third-order valence-electron chi connectivity index (χ3n) is 11.3. The predicted octanol–water partition coefficient (Wildman–Crippen LogP) is 6.43. The number of fused-ring (bicyclic) bond motifs is 5. The molecule has 2 aliphatic carbocycles. The lowest BCUT2D eigenvalue weighted by Gasteiger charge is -2.54. The zero-order chi connectivity index (χ0) is 26.3. The third-order valence-corrected chi connectivity index (χ3v) is 11.3. The number of carboxylic acids is 1. The van der Waals surface area contributed by atoms with E-state index in [1.54, 1.807) is 0 Å². The van der Waals surface area contributed by atoms with Crippen LogP contribution in [0.25, 0.3) is 11.0 Å². The topological polar surface area (TPSA) is 61.6 Å². The number of imidazole rings is 1. The van der Waals surface area contributed by atoms with Crippen LogP contribution in [0, 0.1) is 11.8 Å². The van der Waals surface area contributed by atoms with Crippen LogP contribution in [0.4, 0.5) is 0 Å². The maximum atomic E-state index is 11.3. The van der Waals surface area contributed by atoms with Crippen molar-refractivity contribution in [3.05, 3.63) is 30.1 Å². The lowest BCUT2D eigenvalue weighted by molar-refractivity contribution is -0.137. The number of aliphatic carboxylic acids is 1. The molecule has 212 valence electrons. The minimum absolute atomic E-state index is 0.234. The summed E-state index contributed by atoms with van der Waals surface area (Å²) < 4.78 is 2.66. The number of aromatic nitrogens is 2. The number of likely N-dealkylation sites (tertiary alicyclic amines) is 1. The number of carbonyl (C=O) groups is 1. The van der Waals surface area contributed by atoms with Crippen LogP contribution in [0.1, 0.15) is 108 Å². The van der Waals surface area contributed by atoms with Crippen molar-refractivity contribution in [1.29, 1.82) is 0 Å². The van der Waals surface area contributed by atoms with Crippen molar-refractivity contribution in [1.82, 2.24) is 19.4 Å². The summed E-state index contributed by atoms with van der Waals surface area (Å²) in [6, 6.07) is 12.0. The molecule has 3 aliphatic heterocycles. The van der Waals surface area contributed by atoms with Crippen LogP contribution in [-0.4, -0.2) is 67.7 Å². The van der Waals surface area contributed by atoms with E-state index in [0.29, 0.717) is 18.6 Å². The van der Waals surface area contributed by atoms with Crippen molar-refractivity contribution >= 4 is 17.0 Å². The van der Waals surface area contributed by atoms with Crippen molar-refractivity contribution in [2.45, 2.75) is 133 Å². The van der Waals surface area contributed by atoms with Gasteiger partial charge in [-0.2, -0.15) is 0 Å². The minimum atomic E-state index is -0.691. The molecule has 2 aromatic rings. The third kappa shape index (κ3) is 5.28. The molecule has 1 aromatic carbocycles. The van der Waals surface area contributed by atoms with Crippen LogP contribution in [0.5, 0.6) is 0 Å². The molecule has 4 heterocycles. The molecule has 39 heavy (non-hydrogen) atoms. The molecule has 1 N–H and O–H groups in total. The first-order valence-electron chi connectivity index (χ1n) is 16.3. The normalized spacial score (nSPS) is 35.7. The number of hydrogen-bond donors (Lipinski definition) is 1. The molecule has 6 nitrogen and oxygen atoms in total. The van der Waals surface area contributed by atoms with Gasteiger partial charge < -0.3 is 9.67 Å². The van der Waals surface area contributed by atoms with Gasteiger partial charge in [0.15, 0.2) is 0 Å². The second-order valence-corrected chi connectivity index (χ2v) is 13.8. The van der Waals surface area contributed by atoms with E-state index in [2.05, 4.69) is 38.6 Å². The summed E-state index contributed by atoms with van der Waals surface area (Å²) in [6.07, 6.45) is 20.5. The van der Waals surface area contributed by atoms with Crippen molar-refractivity contribution in [3.8, 4) is 0 Å². The number of rotatable bonds is 7. The molecule has 5 aliphatic rings. The van der Waals surface area contributed by atoms with Gasteiger partial charge in [0.05, 0.1) is 17.5 Å². The molecular weight excluding hydrogens is 484 g/mol. The Labute approximate surface area is 234 Å². The molecule has 6 heteroatoms. The van der Waals surface area contributed by atoms with Gasteiger partial charge in [0.2, 0.25) is 0 Å². The lowest BCUT2D eigenvalue weighted by atomic mass is 9.73. The summed E-state index contributed by atoms with van der Waals surface area (Å²) in [7, 11) is 0. The molecule has 7 rings (SSSR count). The molecule has 5 fully saturated rings. The largest absolute Gasteiger partial charge is 0.481 e. The second-order valence-electron chi connectivity index (χ2n) is 13.8. The van der Waals surface area contributed by atoms with Gasteiger partial charge in [0.25, 0.3) is 0 Å². The average molecular weight is 533 g/mol. The van der Waals surface area contributed by atoms with E-state index in [1.165, 1.54) is 88.4 Å². The van der Waals surface area contributed by atoms with Crippen molar-refractivity contribution in [2.75, 3.05) is 13.1 Å². The first-order chi connectivity index (χ1) is 19.1. The SMILES string of the molecule is O=C(O)CCN1CCCC1Cc1nc2ccccc2n1C1C[C@H]2CCC[C@@H](C1)N2C1C[C@H]2CCCC[C@@H](C1)C2. The van der Waals surface area contributed by atoms with E-state index in [4.69, 9.17) is 4.98 Å². The standard InChI is InChI=1S/C33H48N4O2/c38-33(39)14-16-35-15-6-11-25(35)22-32-34-30-12-3-4-13-31(30)37(32)29-20-26-9-5-10-27(21-29)36(26)28-18-23-7-1-2-8-24(17-23)19-28/h3-4,12-13,23-29H,1-2,5-11,14-22H2,(H,38,39)/t23-,24+,25?,26-,27+,28?,29?. The first kappa shape index (κ1) is 26.0. The van der Waals surface area contributed by atoms with Gasteiger partial charge in [0.1, 0.15) is 5.82 Å². The monoisotopic (exact) mass is 532 g/mol. The fraction of sp³-hybridized carbons (Fsp3) is 0.758. The zero-order valence-corrected chi connectivity index (χ0v) is 23.7. The second kappa shape index (κ2) is 11.2. The summed E-state index contributed by atoms with van der Waals surface area (Å²) in [5, 5.41) is 9.27. The minimum Gasteiger partial charge on any atom is -0.481 e. The van der Waals surface area contributed by atoms with Crippen molar-refractivity contribution < 1.29 is 9.90 Å². The Kier molecular flexibility index (Phi) is 7.44. The average Bonchev–Trinajstić information content (AvgIpc) is 3.48. The highest BCUT2D eigenvalue weighted by atomic mass is 16.4. The Morgan fingerprint density at radius 1 is 0.821 bits per heavy atom. The van der Waals surface area contributed by atoms with Gasteiger partial charge in [-0.25, -0.2) is 4.98 Å². The number of hydrogen-bond acceptors (Lipinski definition) is 4. The van der Waals surface area contributed by atoms with Crippen LogP contribution in [0.3, 0.4) is 0 Å². The summed E-state index contributed by atoms with van der Waals surface area (Å²) in [4.78, 5) is 22.0. The number of carboxylic acid groups (broad SMARTS) is 1.